The largest absolute Gasteiger partial charge is 0.352 e. The van der Waals surface area contributed by atoms with E-state index in [1.165, 1.54) is 11.1 Å². The summed E-state index contributed by atoms with van der Waals surface area (Å²) >= 11 is 0. The van der Waals surface area contributed by atoms with E-state index in [0.717, 1.165) is 18.7 Å². The molecule has 7 heteroatoms. The molecule has 0 unspecified atom stereocenters. The molecular formula is C19H19N5O2. The maximum atomic E-state index is 12.1. The summed E-state index contributed by atoms with van der Waals surface area (Å²) in [5, 5.41) is 10.2. The maximum absolute atomic E-state index is 12.1. The van der Waals surface area contributed by atoms with Crippen molar-refractivity contribution in [3.05, 3.63) is 65.2 Å². The summed E-state index contributed by atoms with van der Waals surface area (Å²) < 4.78 is 5.19. The Hall–Kier alpha value is -3.06. The lowest BCUT2D eigenvalue weighted by Gasteiger charge is -2.06. The van der Waals surface area contributed by atoms with E-state index < -0.39 is 0 Å². The van der Waals surface area contributed by atoms with Gasteiger partial charge in [-0.1, -0.05) is 29.4 Å². The minimum Gasteiger partial charge on any atom is -0.352 e. The number of aromatic nitrogens is 3. The Balaban J connectivity index is 1.27. The number of pyridine rings is 1. The van der Waals surface area contributed by atoms with Gasteiger partial charge in [0.15, 0.2) is 0 Å². The van der Waals surface area contributed by atoms with Crippen LogP contribution >= 0.6 is 0 Å². The van der Waals surface area contributed by atoms with Crippen molar-refractivity contribution < 1.29 is 9.32 Å². The third kappa shape index (κ3) is 3.78. The molecule has 1 aliphatic heterocycles. The summed E-state index contributed by atoms with van der Waals surface area (Å²) in [7, 11) is 0. The molecule has 0 aliphatic carbocycles. The van der Waals surface area contributed by atoms with Crippen LogP contribution in [0.5, 0.6) is 0 Å². The zero-order chi connectivity index (χ0) is 17.8. The molecular weight excluding hydrogens is 330 g/mol. The summed E-state index contributed by atoms with van der Waals surface area (Å²) in [4.78, 5) is 20.5. The molecule has 2 aromatic heterocycles. The summed E-state index contributed by atoms with van der Waals surface area (Å²) in [6, 6.07) is 11.8. The number of nitrogens with zero attached hydrogens (tertiary/aromatic N) is 3. The van der Waals surface area contributed by atoms with Crippen molar-refractivity contribution in [3.8, 4) is 11.5 Å². The highest BCUT2D eigenvalue weighted by Gasteiger charge is 2.12. The van der Waals surface area contributed by atoms with Gasteiger partial charge in [0.25, 0.3) is 0 Å². The normalized spacial score (nSPS) is 12.8. The smallest absolute Gasteiger partial charge is 0.227 e. The summed E-state index contributed by atoms with van der Waals surface area (Å²) in [5.74, 6) is 0.832. The zero-order valence-electron chi connectivity index (χ0n) is 14.2. The molecule has 0 radical (unpaired) electrons. The van der Waals surface area contributed by atoms with Crippen molar-refractivity contribution in [2.45, 2.75) is 32.5 Å². The number of nitrogens with one attached hydrogen (secondary N) is 2. The van der Waals surface area contributed by atoms with Crippen molar-refractivity contribution in [3.63, 3.8) is 0 Å². The Morgan fingerprint density at radius 2 is 2.12 bits per heavy atom. The van der Waals surface area contributed by atoms with Crippen molar-refractivity contribution in [1.29, 1.82) is 0 Å². The van der Waals surface area contributed by atoms with Gasteiger partial charge in [-0.2, -0.15) is 4.98 Å². The van der Waals surface area contributed by atoms with Gasteiger partial charge in [0, 0.05) is 38.7 Å². The number of benzene rings is 1. The molecule has 3 heterocycles. The molecule has 7 nitrogen and oxygen atoms in total. The van der Waals surface area contributed by atoms with Gasteiger partial charge in [-0.25, -0.2) is 0 Å². The number of carbonyl (C=O) groups excluding carboxylic acids is 1. The van der Waals surface area contributed by atoms with Gasteiger partial charge in [0.2, 0.25) is 17.6 Å². The minimum absolute atomic E-state index is 0.0405. The SMILES string of the molecule is O=C(CCc1nc(-c2ccccn2)no1)NCc1ccc2c(c1)CNC2. The standard InChI is InChI=1S/C19H19N5O2/c25-17(22-10-13-4-5-14-11-20-12-15(14)9-13)6-7-18-23-19(24-26-18)16-3-1-2-8-21-16/h1-5,8-9,20H,6-7,10-12H2,(H,22,25). The third-order valence-electron chi connectivity index (χ3n) is 4.32. The highest BCUT2D eigenvalue weighted by Crippen LogP contribution is 2.17. The first-order valence-electron chi connectivity index (χ1n) is 8.60. The lowest BCUT2D eigenvalue weighted by molar-refractivity contribution is -0.121. The molecule has 0 fully saturated rings. The Morgan fingerprint density at radius 1 is 1.19 bits per heavy atom. The van der Waals surface area contributed by atoms with Crippen LogP contribution in [0.3, 0.4) is 0 Å². The van der Waals surface area contributed by atoms with Gasteiger partial charge in [-0.15, -0.1) is 0 Å². The van der Waals surface area contributed by atoms with Gasteiger partial charge in [0.05, 0.1) is 0 Å². The minimum atomic E-state index is -0.0405. The molecule has 1 amide bonds. The van der Waals surface area contributed by atoms with E-state index in [4.69, 9.17) is 4.52 Å². The van der Waals surface area contributed by atoms with Gasteiger partial charge in [0.1, 0.15) is 5.69 Å². The van der Waals surface area contributed by atoms with E-state index in [-0.39, 0.29) is 5.91 Å². The first-order chi connectivity index (χ1) is 12.8. The van der Waals surface area contributed by atoms with E-state index in [2.05, 4.69) is 44.0 Å². The average molecular weight is 349 g/mol. The second-order valence-electron chi connectivity index (χ2n) is 6.21. The molecule has 1 aromatic carbocycles. The van der Waals surface area contributed by atoms with Crippen LogP contribution < -0.4 is 10.6 Å². The topological polar surface area (TPSA) is 92.9 Å². The second-order valence-corrected chi connectivity index (χ2v) is 6.21. The molecule has 0 atom stereocenters. The van der Waals surface area contributed by atoms with E-state index in [9.17, 15) is 4.79 Å². The summed E-state index contributed by atoms with van der Waals surface area (Å²) in [5.41, 5.74) is 4.40. The first-order valence-corrected chi connectivity index (χ1v) is 8.60. The van der Waals surface area contributed by atoms with Gasteiger partial charge in [-0.3, -0.25) is 9.78 Å². The number of aryl methyl sites for hydroxylation is 1. The van der Waals surface area contributed by atoms with Crippen LogP contribution in [0.1, 0.15) is 29.0 Å². The summed E-state index contributed by atoms with van der Waals surface area (Å²) in [6.45, 7) is 2.34. The Labute approximate surface area is 150 Å². The Bertz CT molecular complexity index is 907. The van der Waals surface area contributed by atoms with Crippen LogP contribution in [0.4, 0.5) is 0 Å². The van der Waals surface area contributed by atoms with Crippen molar-refractivity contribution >= 4 is 5.91 Å². The monoisotopic (exact) mass is 349 g/mol. The molecule has 0 spiro atoms. The average Bonchev–Trinajstić information content (AvgIpc) is 3.34. The van der Waals surface area contributed by atoms with E-state index in [1.54, 1.807) is 6.20 Å². The van der Waals surface area contributed by atoms with E-state index in [1.807, 2.05) is 18.2 Å². The number of carbonyl (C=O) groups is 1. The number of hydrogen-bond acceptors (Lipinski definition) is 6. The summed E-state index contributed by atoms with van der Waals surface area (Å²) in [6.07, 6.45) is 2.38. The van der Waals surface area contributed by atoms with E-state index in [0.29, 0.717) is 36.8 Å². The molecule has 4 rings (SSSR count). The molecule has 3 aromatic rings. The van der Waals surface area contributed by atoms with Crippen LogP contribution in [-0.4, -0.2) is 21.0 Å². The lowest BCUT2D eigenvalue weighted by atomic mass is 10.1. The number of rotatable bonds is 6. The predicted molar refractivity (Wildman–Crippen MR) is 94.7 cm³/mol. The van der Waals surface area contributed by atoms with E-state index >= 15 is 0 Å². The van der Waals surface area contributed by atoms with Gasteiger partial charge in [-0.05, 0) is 28.8 Å². The highest BCUT2D eigenvalue weighted by atomic mass is 16.5. The molecule has 0 saturated heterocycles. The molecule has 0 bridgehead atoms. The second kappa shape index (κ2) is 7.45. The maximum Gasteiger partial charge on any atom is 0.227 e. The number of amides is 1. The van der Waals surface area contributed by atoms with Crippen LogP contribution in [0.25, 0.3) is 11.5 Å². The quantitative estimate of drug-likeness (QED) is 0.707. The predicted octanol–water partition coefficient (Wildman–Crippen LogP) is 1.98. The molecule has 2 N–H and O–H groups in total. The number of hydrogen-bond donors (Lipinski definition) is 2. The van der Waals surface area contributed by atoms with Gasteiger partial charge < -0.3 is 15.2 Å². The highest BCUT2D eigenvalue weighted by molar-refractivity contribution is 5.76. The fraction of sp³-hybridized carbons (Fsp3) is 0.263. The van der Waals surface area contributed by atoms with Crippen molar-refractivity contribution in [2.75, 3.05) is 0 Å². The van der Waals surface area contributed by atoms with Crippen LogP contribution in [-0.2, 0) is 30.8 Å². The lowest BCUT2D eigenvalue weighted by Crippen LogP contribution is -2.23. The zero-order valence-corrected chi connectivity index (χ0v) is 14.2. The molecule has 26 heavy (non-hydrogen) atoms. The Kier molecular flexibility index (Phi) is 4.70. The molecule has 1 aliphatic rings. The van der Waals surface area contributed by atoms with Crippen molar-refractivity contribution in [1.82, 2.24) is 25.8 Å². The first kappa shape index (κ1) is 16.4. The van der Waals surface area contributed by atoms with Gasteiger partial charge >= 0.3 is 0 Å². The molecule has 132 valence electrons. The van der Waals surface area contributed by atoms with Crippen LogP contribution in [0, 0.1) is 0 Å². The van der Waals surface area contributed by atoms with Crippen LogP contribution in [0.15, 0.2) is 47.1 Å². The third-order valence-corrected chi connectivity index (χ3v) is 4.32. The number of fused-ring (bicyclic) bond motifs is 1. The van der Waals surface area contributed by atoms with Crippen molar-refractivity contribution in [2.24, 2.45) is 0 Å². The molecule has 0 saturated carbocycles. The van der Waals surface area contributed by atoms with Crippen LogP contribution in [0.2, 0.25) is 0 Å². The Morgan fingerprint density at radius 3 is 3.00 bits per heavy atom. The fourth-order valence-corrected chi connectivity index (χ4v) is 2.92. The fourth-order valence-electron chi connectivity index (χ4n) is 2.92.